The molecule has 13 rings (SSSR count). The Kier molecular flexibility index (Phi) is 31.6. The summed E-state index contributed by atoms with van der Waals surface area (Å²) < 4.78 is 29.8. The zero-order valence-electron chi connectivity index (χ0n) is 65.2. The van der Waals surface area contributed by atoms with Gasteiger partial charge in [-0.2, -0.15) is 5.10 Å². The number of rotatable bonds is 22. The van der Waals surface area contributed by atoms with Gasteiger partial charge in [0.1, 0.15) is 11.2 Å². The molecule has 0 spiro atoms. The Hall–Kier alpha value is -9.96. The summed E-state index contributed by atoms with van der Waals surface area (Å²) in [6.07, 6.45) is 15.9. The quantitative estimate of drug-likeness (QED) is 0.0265. The molecular weight excluding hydrogens is 1680 g/mol. The number of aryl methyl sites for hydroxylation is 1. The Balaban J connectivity index is 0.000000214. The van der Waals surface area contributed by atoms with Gasteiger partial charge in [0.25, 0.3) is 0 Å². The van der Waals surface area contributed by atoms with Crippen molar-refractivity contribution in [2.24, 2.45) is 24.8 Å². The minimum atomic E-state index is -0.591. The van der Waals surface area contributed by atoms with Gasteiger partial charge in [0.15, 0.2) is 0 Å². The molecule has 1 aromatic heterocycles. The topological polar surface area (TPSA) is 237 Å². The lowest BCUT2D eigenvalue weighted by Crippen LogP contribution is -2.55. The third-order valence-electron chi connectivity index (χ3n) is 20.5. The third kappa shape index (κ3) is 25.0. The number of halogens is 2. The predicted octanol–water partition coefficient (Wildman–Crippen LogP) is 16.3. The van der Waals surface area contributed by atoms with Crippen LogP contribution in [0.4, 0.5) is 9.59 Å². The third-order valence-corrected chi connectivity index (χ3v) is 22.0. The zero-order chi connectivity index (χ0) is 80.3. The molecule has 3 saturated carbocycles. The summed E-state index contributed by atoms with van der Waals surface area (Å²) in [5, 5.41) is 4.26. The van der Waals surface area contributed by atoms with Gasteiger partial charge in [0.2, 0.25) is 23.6 Å². The Morgan fingerprint density at radius 1 is 0.426 bits per heavy atom. The summed E-state index contributed by atoms with van der Waals surface area (Å²) in [6, 6.07) is 46.6. The second kappa shape index (κ2) is 40.1. The van der Waals surface area contributed by atoms with Crippen LogP contribution in [-0.4, -0.2) is 202 Å². The lowest BCUT2D eigenvalue weighted by molar-refractivity contribution is -0.135. The van der Waals surface area contributed by atoms with Crippen LogP contribution in [0.15, 0.2) is 176 Å². The van der Waals surface area contributed by atoms with Gasteiger partial charge in [-0.05, 0) is 224 Å². The van der Waals surface area contributed by atoms with E-state index in [1.165, 1.54) is 45.2 Å². The van der Waals surface area contributed by atoms with Gasteiger partial charge in [-0.15, -0.1) is 0 Å². The molecule has 22 nitrogen and oxygen atoms in total. The molecule has 3 aliphatic carbocycles. The minimum absolute atomic E-state index is 0. The first-order chi connectivity index (χ1) is 53.4. The highest BCUT2D eigenvalue weighted by molar-refractivity contribution is 14.1. The second-order valence-corrected chi connectivity index (χ2v) is 34.0. The van der Waals surface area contributed by atoms with E-state index in [1.807, 2.05) is 75.7 Å². The number of carbonyl (C=O) groups is 9. The number of amides is 6. The standard InChI is InChI=1S/C33H38N4O5.C29H33IN2O5.C26H27IN2O4.3CH4/c1-33(2,3)42-32(40)37(29-16-28(29)25-13-11-24(12-14-25)27-17-34-35(4)21-27)20-23-18-36(19-23)30(38)15-8-22-6-9-26(10-7-22)31(39)41-5;1-29(2,3)37-28(35)32(25-15-24(25)21-10-12-23(30)13-11-21)18-20-16-31(17-20)26(33)14-7-19-5-8-22(9-6-19)27(34)36-4;1-17(30)29(24-13-23(24)20-8-10-22(27)11-9-20)16-19-14-28(15-19)25(31)12-5-18-3-6-21(7-4-18)26(32)33-2;;;/h6-15,17,21,23,28-29H,16,18-20H2,1-5H3;5-14,20,24-25H,15-18H2,1-4H3;3-12,19,23-24H,13-16H2,1-2H3;3*1H4/b15-8+;14-7+;12-5+;;;. The molecule has 3 saturated heterocycles. The fourth-order valence-electron chi connectivity index (χ4n) is 14.2. The molecular formula is C91H110I2N8O14. The van der Waals surface area contributed by atoms with Crippen LogP contribution in [0.1, 0.15) is 172 Å². The molecule has 6 aliphatic rings. The molecule has 6 atom stereocenters. The summed E-state index contributed by atoms with van der Waals surface area (Å²) in [5.41, 5.74) is 8.65. The Bertz CT molecular complexity index is 4610. The molecule has 115 heavy (non-hydrogen) atoms. The largest absolute Gasteiger partial charge is 0.465 e. The molecule has 0 N–H and O–H groups in total. The fourth-order valence-corrected chi connectivity index (χ4v) is 14.9. The van der Waals surface area contributed by atoms with E-state index in [1.54, 1.807) is 136 Å². The fraction of sp³-hybridized carbons (Fsp3) is 0.407. The summed E-state index contributed by atoms with van der Waals surface area (Å²) in [4.78, 5) is 122. The van der Waals surface area contributed by atoms with Crippen LogP contribution in [-0.2, 0) is 49.9 Å². The van der Waals surface area contributed by atoms with Crippen LogP contribution >= 0.6 is 45.2 Å². The van der Waals surface area contributed by atoms with Gasteiger partial charge in [-0.1, -0.05) is 107 Å². The number of hydrogen-bond donors (Lipinski definition) is 0. The molecule has 6 amide bonds. The maximum Gasteiger partial charge on any atom is 0.410 e. The van der Waals surface area contributed by atoms with Crippen LogP contribution in [0.3, 0.4) is 0 Å². The minimum Gasteiger partial charge on any atom is -0.465 e. The van der Waals surface area contributed by atoms with E-state index in [-0.39, 0.29) is 99.9 Å². The molecule has 6 unspecified atom stereocenters. The SMILES string of the molecule is C.C.C.COC(=O)c1ccc(/C=C/C(=O)N2CC(CN(C(=O)OC(C)(C)C)C3CC3c3ccc(-c4cnn(C)c4)cc3)C2)cc1.COC(=O)c1ccc(/C=C/C(=O)N2CC(CN(C(=O)OC(C)(C)C)C3CC3c3ccc(I)cc3)C2)cc1.COC(=O)c1ccc(/C=C/C(=O)N2CC(CN(C(C)=O)C3CC3c3ccc(I)cc3)C2)cc1. The smallest absolute Gasteiger partial charge is 0.410 e. The molecule has 3 aliphatic heterocycles. The summed E-state index contributed by atoms with van der Waals surface area (Å²) in [5.74, 6) is 0.428. The molecule has 6 aromatic carbocycles. The Morgan fingerprint density at radius 3 is 0.983 bits per heavy atom. The van der Waals surface area contributed by atoms with E-state index < -0.39 is 23.1 Å². The highest BCUT2D eigenvalue weighted by Crippen LogP contribution is 2.48. The number of benzene rings is 6. The van der Waals surface area contributed by atoms with Crippen LogP contribution < -0.4 is 0 Å². The predicted molar refractivity (Wildman–Crippen MR) is 465 cm³/mol. The first-order valence-electron chi connectivity index (χ1n) is 37.7. The summed E-state index contributed by atoms with van der Waals surface area (Å²) >= 11 is 4.60. The van der Waals surface area contributed by atoms with Gasteiger partial charge >= 0.3 is 30.1 Å². The average molecular weight is 1790 g/mol. The van der Waals surface area contributed by atoms with Crippen molar-refractivity contribution in [2.75, 3.05) is 80.2 Å². The second-order valence-electron chi connectivity index (χ2n) is 31.5. The van der Waals surface area contributed by atoms with Crippen molar-refractivity contribution in [1.29, 1.82) is 0 Å². The highest BCUT2D eigenvalue weighted by atomic mass is 127. The summed E-state index contributed by atoms with van der Waals surface area (Å²) in [6.45, 7) is 18.4. The number of esters is 3. The van der Waals surface area contributed by atoms with Crippen molar-refractivity contribution in [3.63, 3.8) is 0 Å². The van der Waals surface area contributed by atoms with Crippen LogP contribution in [0.2, 0.25) is 0 Å². The normalized spacial score (nSPS) is 18.6. The van der Waals surface area contributed by atoms with Gasteiger partial charge in [0, 0.05) is 164 Å². The first-order valence-corrected chi connectivity index (χ1v) is 39.9. The molecule has 6 fully saturated rings. The van der Waals surface area contributed by atoms with Crippen LogP contribution in [0.5, 0.6) is 0 Å². The number of hydrogen-bond acceptors (Lipinski definition) is 15. The van der Waals surface area contributed by atoms with Crippen LogP contribution in [0.25, 0.3) is 29.4 Å². The molecule has 0 radical (unpaired) electrons. The summed E-state index contributed by atoms with van der Waals surface area (Å²) in [7, 11) is 5.93. The number of nitrogens with zero attached hydrogens (tertiary/aromatic N) is 8. The van der Waals surface area contributed by atoms with E-state index in [0.29, 0.717) is 93.3 Å². The number of likely N-dealkylation sites (tertiary alicyclic amines) is 3. The average Bonchev–Trinajstić information content (AvgIpc) is 1.67. The van der Waals surface area contributed by atoms with Crippen molar-refractivity contribution in [3.05, 3.63) is 233 Å². The maximum atomic E-state index is 13.3. The van der Waals surface area contributed by atoms with Gasteiger partial charge in [-0.3, -0.25) is 23.9 Å². The number of carbonyl (C=O) groups excluding carboxylic acids is 9. The number of ether oxygens (including phenoxy) is 5. The van der Waals surface area contributed by atoms with E-state index in [2.05, 4.69) is 128 Å². The van der Waals surface area contributed by atoms with E-state index >= 15 is 0 Å². The van der Waals surface area contributed by atoms with Gasteiger partial charge < -0.3 is 53.1 Å². The number of methoxy groups -OCH3 is 3. The van der Waals surface area contributed by atoms with Crippen molar-refractivity contribution in [2.45, 2.75) is 137 Å². The monoisotopic (exact) mass is 1790 g/mol. The molecule has 0 bridgehead atoms. The van der Waals surface area contributed by atoms with E-state index in [9.17, 15) is 43.2 Å². The van der Waals surface area contributed by atoms with Crippen molar-refractivity contribution in [3.8, 4) is 11.1 Å². The Morgan fingerprint density at radius 2 is 0.713 bits per heavy atom. The van der Waals surface area contributed by atoms with E-state index in [0.717, 1.165) is 47.1 Å². The molecule has 612 valence electrons. The first kappa shape index (κ1) is 90.6. The lowest BCUT2D eigenvalue weighted by Gasteiger charge is -2.41. The van der Waals surface area contributed by atoms with Gasteiger partial charge in [0.05, 0.1) is 44.2 Å². The molecule has 24 heteroatoms. The lowest BCUT2D eigenvalue weighted by atomic mass is 9.98. The van der Waals surface area contributed by atoms with Gasteiger partial charge in [-0.25, -0.2) is 24.0 Å². The highest BCUT2D eigenvalue weighted by Gasteiger charge is 2.50. The molecule has 4 heterocycles. The van der Waals surface area contributed by atoms with Crippen molar-refractivity contribution in [1.82, 2.24) is 39.2 Å². The Labute approximate surface area is 704 Å². The van der Waals surface area contributed by atoms with E-state index in [4.69, 9.17) is 18.9 Å². The zero-order valence-corrected chi connectivity index (χ0v) is 69.5. The molecule has 7 aromatic rings. The number of aromatic nitrogens is 2. The maximum absolute atomic E-state index is 13.3. The van der Waals surface area contributed by atoms with Crippen molar-refractivity contribution >= 4 is 117 Å². The van der Waals surface area contributed by atoms with Crippen molar-refractivity contribution < 1.29 is 66.8 Å². The van der Waals surface area contributed by atoms with Crippen LogP contribution in [0, 0.1) is 24.9 Å².